The number of benzene rings is 1. The second kappa shape index (κ2) is 9.85. The van der Waals surface area contributed by atoms with Gasteiger partial charge in [0.05, 0.1) is 6.54 Å². The van der Waals surface area contributed by atoms with Crippen LogP contribution in [-0.4, -0.2) is 60.5 Å². The van der Waals surface area contributed by atoms with Gasteiger partial charge in [-0.2, -0.15) is 0 Å². The van der Waals surface area contributed by atoms with E-state index in [0.717, 1.165) is 39.0 Å². The van der Waals surface area contributed by atoms with Crippen molar-refractivity contribution >= 4 is 11.9 Å². The minimum atomic E-state index is -0.398. The van der Waals surface area contributed by atoms with Gasteiger partial charge in [-0.15, -0.1) is 0 Å². The van der Waals surface area contributed by atoms with Gasteiger partial charge in [0.25, 0.3) is 0 Å². The Morgan fingerprint density at radius 3 is 2.67 bits per heavy atom. The van der Waals surface area contributed by atoms with Crippen molar-refractivity contribution in [3.8, 4) is 0 Å². The fourth-order valence-electron chi connectivity index (χ4n) is 4.53. The fourth-order valence-corrected chi connectivity index (χ4v) is 4.53. The van der Waals surface area contributed by atoms with E-state index in [1.165, 1.54) is 18.4 Å². The molecule has 2 fully saturated rings. The number of nitrogens with one attached hydrogen (secondary N) is 2. The summed E-state index contributed by atoms with van der Waals surface area (Å²) < 4.78 is 0. The van der Waals surface area contributed by atoms with Gasteiger partial charge in [-0.3, -0.25) is 19.9 Å². The number of piperidine rings is 1. The summed E-state index contributed by atoms with van der Waals surface area (Å²) in [5.41, 5.74) is 1.36. The zero-order chi connectivity index (χ0) is 19.1. The Labute approximate surface area is 162 Å². The van der Waals surface area contributed by atoms with Gasteiger partial charge >= 0.3 is 6.03 Å². The van der Waals surface area contributed by atoms with Crippen LogP contribution < -0.4 is 10.6 Å². The number of carbonyl (C=O) groups excluding carboxylic acids is 2. The summed E-state index contributed by atoms with van der Waals surface area (Å²) in [4.78, 5) is 28.6. The van der Waals surface area contributed by atoms with Gasteiger partial charge in [0.2, 0.25) is 5.91 Å². The molecule has 6 nitrogen and oxygen atoms in total. The predicted molar refractivity (Wildman–Crippen MR) is 106 cm³/mol. The van der Waals surface area contributed by atoms with E-state index in [2.05, 4.69) is 50.8 Å². The SMILES string of the molecule is CCNC(=O)NC(=O)CN1CCCC1C1CCCN(Cc2ccccc2)C1. The first-order valence-electron chi connectivity index (χ1n) is 10.2. The lowest BCUT2D eigenvalue weighted by Crippen LogP contribution is -2.49. The van der Waals surface area contributed by atoms with Crippen molar-refractivity contribution in [2.75, 3.05) is 32.7 Å². The fraction of sp³-hybridized carbons (Fsp3) is 0.619. The third-order valence-corrected chi connectivity index (χ3v) is 5.69. The van der Waals surface area contributed by atoms with Crippen LogP contribution in [0.4, 0.5) is 4.79 Å². The van der Waals surface area contributed by atoms with Gasteiger partial charge in [0, 0.05) is 25.7 Å². The normalized spacial score (nSPS) is 23.9. The first-order chi connectivity index (χ1) is 13.2. The Morgan fingerprint density at radius 1 is 1.11 bits per heavy atom. The molecule has 0 radical (unpaired) electrons. The Balaban J connectivity index is 1.52. The summed E-state index contributed by atoms with van der Waals surface area (Å²) in [6.45, 7) is 6.86. The van der Waals surface area contributed by atoms with Gasteiger partial charge < -0.3 is 5.32 Å². The van der Waals surface area contributed by atoms with Crippen LogP contribution in [-0.2, 0) is 11.3 Å². The number of hydrogen-bond donors (Lipinski definition) is 2. The van der Waals surface area contributed by atoms with Gasteiger partial charge in [-0.05, 0) is 57.2 Å². The van der Waals surface area contributed by atoms with E-state index in [0.29, 0.717) is 25.0 Å². The van der Waals surface area contributed by atoms with Gasteiger partial charge in [0.15, 0.2) is 0 Å². The first kappa shape index (κ1) is 19.8. The molecule has 3 amide bonds. The van der Waals surface area contributed by atoms with Crippen molar-refractivity contribution in [2.24, 2.45) is 5.92 Å². The number of carbonyl (C=O) groups is 2. The van der Waals surface area contributed by atoms with Crippen molar-refractivity contribution in [3.63, 3.8) is 0 Å². The molecule has 0 saturated carbocycles. The van der Waals surface area contributed by atoms with E-state index in [4.69, 9.17) is 0 Å². The smallest absolute Gasteiger partial charge is 0.321 e. The lowest BCUT2D eigenvalue weighted by molar-refractivity contribution is -0.121. The van der Waals surface area contributed by atoms with E-state index in [1.54, 1.807) is 0 Å². The monoisotopic (exact) mass is 372 g/mol. The third-order valence-electron chi connectivity index (χ3n) is 5.69. The van der Waals surface area contributed by atoms with Crippen LogP contribution in [0.2, 0.25) is 0 Å². The molecule has 148 valence electrons. The van der Waals surface area contributed by atoms with Crippen LogP contribution in [0, 0.1) is 5.92 Å². The van der Waals surface area contributed by atoms with Crippen LogP contribution in [0.5, 0.6) is 0 Å². The summed E-state index contributed by atoms with van der Waals surface area (Å²) >= 11 is 0. The van der Waals surface area contributed by atoms with Crippen molar-refractivity contribution in [2.45, 2.75) is 45.2 Å². The largest absolute Gasteiger partial charge is 0.338 e. The molecule has 2 atom stereocenters. The van der Waals surface area contributed by atoms with Crippen molar-refractivity contribution < 1.29 is 9.59 Å². The quantitative estimate of drug-likeness (QED) is 0.804. The molecule has 2 aliphatic heterocycles. The van der Waals surface area contributed by atoms with Gasteiger partial charge in [-0.1, -0.05) is 30.3 Å². The standard InChI is InChI=1S/C21H32N4O2/c1-2-22-21(27)23-20(26)16-25-13-7-11-19(25)18-10-6-12-24(15-18)14-17-8-4-3-5-9-17/h3-5,8-9,18-19H,2,6-7,10-16H2,1H3,(H2,22,23,26,27). The number of nitrogens with zero attached hydrogens (tertiary/aromatic N) is 2. The molecular weight excluding hydrogens is 340 g/mol. The average molecular weight is 373 g/mol. The highest BCUT2D eigenvalue weighted by Crippen LogP contribution is 2.30. The molecule has 0 bridgehead atoms. The Morgan fingerprint density at radius 2 is 1.89 bits per heavy atom. The first-order valence-corrected chi connectivity index (χ1v) is 10.2. The summed E-state index contributed by atoms with van der Waals surface area (Å²) in [5.74, 6) is 0.395. The molecule has 2 N–H and O–H groups in total. The third kappa shape index (κ3) is 5.78. The summed E-state index contributed by atoms with van der Waals surface area (Å²) in [6.07, 6.45) is 4.73. The molecule has 6 heteroatoms. The molecule has 1 aromatic carbocycles. The molecule has 0 spiro atoms. The molecule has 2 aliphatic rings. The number of amides is 3. The molecule has 27 heavy (non-hydrogen) atoms. The predicted octanol–water partition coefficient (Wildman–Crippen LogP) is 2.21. The molecule has 0 aromatic heterocycles. The average Bonchev–Trinajstić information content (AvgIpc) is 3.11. The maximum absolute atomic E-state index is 12.2. The highest BCUT2D eigenvalue weighted by molar-refractivity contribution is 5.95. The number of urea groups is 1. The van der Waals surface area contributed by atoms with Crippen molar-refractivity contribution in [1.29, 1.82) is 0 Å². The molecular formula is C21H32N4O2. The molecule has 2 unspecified atom stereocenters. The Hall–Kier alpha value is -1.92. The van der Waals surface area contributed by atoms with E-state index >= 15 is 0 Å². The van der Waals surface area contributed by atoms with E-state index in [1.807, 2.05) is 6.92 Å². The molecule has 1 aromatic rings. The van der Waals surface area contributed by atoms with Crippen LogP contribution in [0.15, 0.2) is 30.3 Å². The zero-order valence-corrected chi connectivity index (χ0v) is 16.3. The molecule has 3 rings (SSSR count). The highest BCUT2D eigenvalue weighted by atomic mass is 16.2. The van der Waals surface area contributed by atoms with Crippen molar-refractivity contribution in [3.05, 3.63) is 35.9 Å². The van der Waals surface area contributed by atoms with Crippen LogP contribution in [0.25, 0.3) is 0 Å². The maximum Gasteiger partial charge on any atom is 0.321 e. The minimum absolute atomic E-state index is 0.204. The number of likely N-dealkylation sites (tertiary alicyclic amines) is 2. The van der Waals surface area contributed by atoms with Crippen molar-refractivity contribution in [1.82, 2.24) is 20.4 Å². The molecule has 0 aliphatic carbocycles. The summed E-state index contributed by atoms with van der Waals surface area (Å²) in [6, 6.07) is 10.7. The summed E-state index contributed by atoms with van der Waals surface area (Å²) in [5, 5.41) is 5.04. The second-order valence-electron chi connectivity index (χ2n) is 7.71. The maximum atomic E-state index is 12.2. The number of imide groups is 1. The summed E-state index contributed by atoms with van der Waals surface area (Å²) in [7, 11) is 0. The Bertz CT molecular complexity index is 622. The highest BCUT2D eigenvalue weighted by Gasteiger charge is 2.35. The number of hydrogen-bond acceptors (Lipinski definition) is 4. The van der Waals surface area contributed by atoms with Crippen LogP contribution in [0.1, 0.15) is 38.2 Å². The lowest BCUT2D eigenvalue weighted by atomic mass is 9.89. The van der Waals surface area contributed by atoms with E-state index < -0.39 is 6.03 Å². The Kier molecular flexibility index (Phi) is 7.24. The van der Waals surface area contributed by atoms with Gasteiger partial charge in [-0.25, -0.2) is 4.79 Å². The van der Waals surface area contributed by atoms with E-state index in [-0.39, 0.29) is 5.91 Å². The van der Waals surface area contributed by atoms with Crippen LogP contribution >= 0.6 is 0 Å². The van der Waals surface area contributed by atoms with E-state index in [9.17, 15) is 9.59 Å². The lowest BCUT2D eigenvalue weighted by Gasteiger charge is -2.39. The number of rotatable bonds is 6. The molecule has 2 saturated heterocycles. The minimum Gasteiger partial charge on any atom is -0.338 e. The second-order valence-corrected chi connectivity index (χ2v) is 7.71. The van der Waals surface area contributed by atoms with Gasteiger partial charge in [0.1, 0.15) is 0 Å². The topological polar surface area (TPSA) is 64.7 Å². The van der Waals surface area contributed by atoms with Crippen LogP contribution in [0.3, 0.4) is 0 Å². The zero-order valence-electron chi connectivity index (χ0n) is 16.3. The molecule has 2 heterocycles.